The fraction of sp³-hybridized carbons (Fsp3) is 1.00. The molecular formula is C5H13ClN2. The number of alkyl halides is 1. The number of hydrogen-bond donors (Lipinski definition) is 1. The molecule has 0 aromatic heterocycles. The smallest absolute Gasteiger partial charge is 0.0857 e. The Morgan fingerprint density at radius 2 is 2.12 bits per heavy atom. The first-order valence-electron chi connectivity index (χ1n) is 2.69. The fourth-order valence-corrected chi connectivity index (χ4v) is 0.522. The molecule has 0 rings (SSSR count). The molecule has 1 atom stereocenters. The van der Waals surface area contributed by atoms with Gasteiger partial charge in [0.25, 0.3) is 0 Å². The average Bonchev–Trinajstić information content (AvgIpc) is 1.67. The maximum absolute atomic E-state index is 5.76. The van der Waals surface area contributed by atoms with Crippen LogP contribution in [0.5, 0.6) is 0 Å². The van der Waals surface area contributed by atoms with Gasteiger partial charge in [-0.2, -0.15) is 0 Å². The minimum Gasteiger partial charge on any atom is -0.330 e. The molecule has 0 saturated carbocycles. The molecule has 1 unspecified atom stereocenters. The van der Waals surface area contributed by atoms with E-state index in [2.05, 4.69) is 0 Å². The quantitative estimate of drug-likeness (QED) is 0.451. The van der Waals surface area contributed by atoms with E-state index in [9.17, 15) is 0 Å². The first-order chi connectivity index (χ1) is 3.68. The Morgan fingerprint density at radius 1 is 1.62 bits per heavy atom. The lowest BCUT2D eigenvalue weighted by Crippen LogP contribution is -2.24. The van der Waals surface area contributed by atoms with Gasteiger partial charge in [-0.15, -0.1) is 11.6 Å². The number of nitrogens with zero attached hydrogens (tertiary/aromatic N) is 1. The van der Waals surface area contributed by atoms with E-state index in [4.69, 9.17) is 17.3 Å². The molecule has 8 heavy (non-hydrogen) atoms. The maximum atomic E-state index is 5.76. The lowest BCUT2D eigenvalue weighted by atomic mass is 10.4. The highest BCUT2D eigenvalue weighted by Crippen LogP contribution is 2.01. The summed E-state index contributed by atoms with van der Waals surface area (Å²) >= 11 is 5.76. The lowest BCUT2D eigenvalue weighted by Gasteiger charge is -2.15. The lowest BCUT2D eigenvalue weighted by molar-refractivity contribution is 0.363. The summed E-state index contributed by atoms with van der Waals surface area (Å²) in [6.07, 6.45) is 0.856. The van der Waals surface area contributed by atoms with Crippen LogP contribution in [0.25, 0.3) is 0 Å². The molecule has 2 nitrogen and oxygen atoms in total. The van der Waals surface area contributed by atoms with Crippen LogP contribution in [0.4, 0.5) is 0 Å². The molecule has 0 spiro atoms. The van der Waals surface area contributed by atoms with Gasteiger partial charge in [0.2, 0.25) is 0 Å². The van der Waals surface area contributed by atoms with Gasteiger partial charge in [-0.3, -0.25) is 4.90 Å². The molecule has 0 aliphatic heterocycles. The van der Waals surface area contributed by atoms with Crippen LogP contribution in [0.3, 0.4) is 0 Å². The summed E-state index contributed by atoms with van der Waals surface area (Å²) in [6.45, 7) is 0.659. The van der Waals surface area contributed by atoms with Crippen LogP contribution in [0, 0.1) is 0 Å². The van der Waals surface area contributed by atoms with Crippen LogP contribution in [0.2, 0.25) is 0 Å². The van der Waals surface area contributed by atoms with Crippen LogP contribution < -0.4 is 5.73 Å². The Labute approximate surface area is 55.6 Å². The summed E-state index contributed by atoms with van der Waals surface area (Å²) in [7, 11) is 3.88. The van der Waals surface area contributed by atoms with Gasteiger partial charge in [0, 0.05) is 0 Å². The summed E-state index contributed by atoms with van der Waals surface area (Å²) in [5.74, 6) is 0. The topological polar surface area (TPSA) is 29.3 Å². The van der Waals surface area contributed by atoms with Gasteiger partial charge in [0.1, 0.15) is 0 Å². The Hall–Kier alpha value is 0.210. The van der Waals surface area contributed by atoms with E-state index in [1.165, 1.54) is 0 Å². The zero-order chi connectivity index (χ0) is 6.57. The predicted octanol–water partition coefficient (Wildman–Crippen LogP) is 0.462. The first kappa shape index (κ1) is 8.21. The van der Waals surface area contributed by atoms with Crippen LogP contribution in [0.1, 0.15) is 6.42 Å². The third-order valence-electron chi connectivity index (χ3n) is 0.965. The van der Waals surface area contributed by atoms with E-state index < -0.39 is 0 Å². The highest BCUT2D eigenvalue weighted by molar-refractivity contribution is 6.20. The first-order valence-corrected chi connectivity index (χ1v) is 3.12. The number of rotatable bonds is 3. The van der Waals surface area contributed by atoms with Crippen LogP contribution >= 0.6 is 11.6 Å². The van der Waals surface area contributed by atoms with Crippen molar-refractivity contribution >= 4 is 11.6 Å². The highest BCUT2D eigenvalue weighted by Gasteiger charge is 2.02. The number of hydrogen-bond acceptors (Lipinski definition) is 2. The van der Waals surface area contributed by atoms with Crippen LogP contribution in [-0.4, -0.2) is 31.0 Å². The molecule has 2 N–H and O–H groups in total. The summed E-state index contributed by atoms with van der Waals surface area (Å²) in [5.41, 5.74) is 5.35. The van der Waals surface area contributed by atoms with E-state index in [0.29, 0.717) is 6.54 Å². The van der Waals surface area contributed by atoms with Crippen LogP contribution in [-0.2, 0) is 0 Å². The number of halogens is 1. The summed E-state index contributed by atoms with van der Waals surface area (Å²) in [5, 5.41) is 0. The molecule has 0 amide bonds. The second-order valence-electron chi connectivity index (χ2n) is 1.98. The van der Waals surface area contributed by atoms with Crippen molar-refractivity contribution in [2.75, 3.05) is 20.6 Å². The minimum absolute atomic E-state index is 0.0972. The zero-order valence-electron chi connectivity index (χ0n) is 5.39. The molecule has 0 radical (unpaired) electrons. The van der Waals surface area contributed by atoms with Crippen molar-refractivity contribution in [1.29, 1.82) is 0 Å². The van der Waals surface area contributed by atoms with Gasteiger partial charge in [0.15, 0.2) is 0 Å². The van der Waals surface area contributed by atoms with Crippen molar-refractivity contribution in [3.63, 3.8) is 0 Å². The molecule has 0 saturated heterocycles. The van der Waals surface area contributed by atoms with E-state index in [0.717, 1.165) is 6.42 Å². The van der Waals surface area contributed by atoms with Crippen molar-refractivity contribution in [3.8, 4) is 0 Å². The molecular weight excluding hydrogens is 124 g/mol. The Morgan fingerprint density at radius 3 is 2.25 bits per heavy atom. The van der Waals surface area contributed by atoms with Crippen molar-refractivity contribution < 1.29 is 0 Å². The minimum atomic E-state index is 0.0972. The molecule has 50 valence electrons. The van der Waals surface area contributed by atoms with Crippen LogP contribution in [0.15, 0.2) is 0 Å². The molecule has 0 heterocycles. The molecule has 0 fully saturated rings. The van der Waals surface area contributed by atoms with Gasteiger partial charge in [-0.05, 0) is 27.1 Å². The van der Waals surface area contributed by atoms with Crippen molar-refractivity contribution in [2.45, 2.75) is 11.9 Å². The second kappa shape index (κ2) is 4.13. The van der Waals surface area contributed by atoms with E-state index in [1.807, 2.05) is 19.0 Å². The largest absolute Gasteiger partial charge is 0.330 e. The van der Waals surface area contributed by atoms with E-state index in [-0.39, 0.29) is 5.50 Å². The predicted molar refractivity (Wildman–Crippen MR) is 37.0 cm³/mol. The van der Waals surface area contributed by atoms with Gasteiger partial charge in [0.05, 0.1) is 5.50 Å². The summed E-state index contributed by atoms with van der Waals surface area (Å²) < 4.78 is 0. The SMILES string of the molecule is CN(C)C(Cl)CCN. The third-order valence-corrected chi connectivity index (χ3v) is 1.57. The van der Waals surface area contributed by atoms with Gasteiger partial charge >= 0.3 is 0 Å². The molecule has 0 aliphatic rings. The molecule has 3 heteroatoms. The maximum Gasteiger partial charge on any atom is 0.0857 e. The number of nitrogens with two attached hydrogens (primary N) is 1. The third kappa shape index (κ3) is 3.24. The van der Waals surface area contributed by atoms with E-state index in [1.54, 1.807) is 0 Å². The normalized spacial score (nSPS) is 14.6. The van der Waals surface area contributed by atoms with Crippen molar-refractivity contribution in [3.05, 3.63) is 0 Å². The van der Waals surface area contributed by atoms with Gasteiger partial charge in [-0.25, -0.2) is 0 Å². The average molecular weight is 137 g/mol. The zero-order valence-corrected chi connectivity index (χ0v) is 6.15. The molecule has 0 aromatic carbocycles. The fourth-order valence-electron chi connectivity index (χ4n) is 0.396. The van der Waals surface area contributed by atoms with Crippen molar-refractivity contribution in [1.82, 2.24) is 4.90 Å². The Bertz CT molecular complexity index is 56.4. The van der Waals surface area contributed by atoms with Gasteiger partial charge in [-0.1, -0.05) is 0 Å². The van der Waals surface area contributed by atoms with Crippen molar-refractivity contribution in [2.24, 2.45) is 5.73 Å². The second-order valence-corrected chi connectivity index (χ2v) is 2.48. The summed E-state index contributed by atoms with van der Waals surface area (Å²) in [6, 6.07) is 0. The van der Waals surface area contributed by atoms with Gasteiger partial charge < -0.3 is 5.73 Å². The highest BCUT2D eigenvalue weighted by atomic mass is 35.5. The molecule has 0 aliphatic carbocycles. The molecule has 0 bridgehead atoms. The summed E-state index contributed by atoms with van der Waals surface area (Å²) in [4.78, 5) is 1.94. The Kier molecular flexibility index (Phi) is 4.23. The Balaban J connectivity index is 3.17. The van der Waals surface area contributed by atoms with E-state index >= 15 is 0 Å². The standard InChI is InChI=1S/C5H13ClN2/c1-8(2)5(6)3-4-7/h5H,3-4,7H2,1-2H3. The monoisotopic (exact) mass is 136 g/mol. The molecule has 0 aromatic rings.